The van der Waals surface area contributed by atoms with E-state index in [2.05, 4.69) is 24.3 Å². The Morgan fingerprint density at radius 2 is 1.97 bits per heavy atom. The van der Waals surface area contributed by atoms with Gasteiger partial charge in [0.15, 0.2) is 0 Å². The van der Waals surface area contributed by atoms with Crippen LogP contribution in [0.2, 0.25) is 5.02 Å². The number of carbonyl (C=O) groups is 1. The maximum Gasteiger partial charge on any atom is 0.217 e. The smallest absolute Gasteiger partial charge is 0.217 e. The van der Waals surface area contributed by atoms with Gasteiger partial charge in [-0.25, -0.2) is 0 Å². The first-order valence-electron chi connectivity index (χ1n) is 10.4. The summed E-state index contributed by atoms with van der Waals surface area (Å²) < 4.78 is 12.8. The number of aromatic nitrogens is 2. The summed E-state index contributed by atoms with van der Waals surface area (Å²) in [4.78, 5) is 10.7. The van der Waals surface area contributed by atoms with E-state index in [1.54, 1.807) is 7.11 Å². The minimum absolute atomic E-state index is 0.0183. The molecule has 0 bridgehead atoms. The van der Waals surface area contributed by atoms with Gasteiger partial charge < -0.3 is 14.8 Å². The van der Waals surface area contributed by atoms with Crippen molar-refractivity contribution in [2.75, 3.05) is 13.7 Å². The van der Waals surface area contributed by atoms with Crippen LogP contribution in [-0.2, 0) is 9.53 Å². The lowest BCUT2D eigenvalue weighted by atomic mass is 9.98. The number of amides is 1. The van der Waals surface area contributed by atoms with Crippen LogP contribution in [0, 0.1) is 0 Å². The SMILES string of the molecule is CC(=O)NC(C)COC1CCCCC1.COc1ccc2nn(C(C)C)cc2c1Cl. The van der Waals surface area contributed by atoms with Crippen molar-refractivity contribution in [2.45, 2.75) is 78.0 Å². The summed E-state index contributed by atoms with van der Waals surface area (Å²) in [5.74, 6) is 0.706. The van der Waals surface area contributed by atoms with Gasteiger partial charge in [-0.2, -0.15) is 5.10 Å². The summed E-state index contributed by atoms with van der Waals surface area (Å²) in [6, 6.07) is 4.22. The maximum absolute atomic E-state index is 10.7. The van der Waals surface area contributed by atoms with E-state index < -0.39 is 0 Å². The average molecular weight is 424 g/mol. The molecule has 29 heavy (non-hydrogen) atoms. The predicted molar refractivity (Wildman–Crippen MR) is 118 cm³/mol. The summed E-state index contributed by atoms with van der Waals surface area (Å²) in [5.41, 5.74) is 0.898. The summed E-state index contributed by atoms with van der Waals surface area (Å²) in [7, 11) is 1.61. The zero-order chi connectivity index (χ0) is 21.4. The number of nitrogens with one attached hydrogen (secondary N) is 1. The van der Waals surface area contributed by atoms with Crippen LogP contribution in [0.3, 0.4) is 0 Å². The Labute approximate surface area is 178 Å². The molecule has 7 heteroatoms. The third-order valence-electron chi connectivity index (χ3n) is 4.94. The number of hydrogen-bond acceptors (Lipinski definition) is 4. The van der Waals surface area contributed by atoms with Crippen LogP contribution < -0.4 is 10.1 Å². The molecule has 0 radical (unpaired) electrons. The first kappa shape index (κ1) is 23.5. The molecule has 1 aromatic carbocycles. The molecule has 0 saturated heterocycles. The first-order chi connectivity index (χ1) is 13.8. The monoisotopic (exact) mass is 423 g/mol. The lowest BCUT2D eigenvalue weighted by molar-refractivity contribution is -0.120. The third kappa shape index (κ3) is 7.19. The molecule has 1 aliphatic carbocycles. The Morgan fingerprint density at radius 3 is 2.55 bits per heavy atom. The second-order valence-corrected chi connectivity index (χ2v) is 8.29. The third-order valence-corrected chi connectivity index (χ3v) is 5.33. The van der Waals surface area contributed by atoms with Crippen molar-refractivity contribution in [3.8, 4) is 5.75 Å². The van der Waals surface area contributed by atoms with E-state index in [-0.39, 0.29) is 11.9 Å². The Balaban J connectivity index is 0.000000208. The Morgan fingerprint density at radius 1 is 1.28 bits per heavy atom. The number of halogens is 1. The molecular weight excluding hydrogens is 390 g/mol. The highest BCUT2D eigenvalue weighted by Crippen LogP contribution is 2.32. The molecule has 2 aromatic rings. The van der Waals surface area contributed by atoms with E-state index in [1.165, 1.54) is 39.0 Å². The fourth-order valence-corrected chi connectivity index (χ4v) is 3.67. The van der Waals surface area contributed by atoms with Gasteiger partial charge in [0.05, 0.1) is 30.4 Å². The number of methoxy groups -OCH3 is 1. The zero-order valence-corrected chi connectivity index (χ0v) is 19.0. The highest BCUT2D eigenvalue weighted by Gasteiger charge is 2.15. The van der Waals surface area contributed by atoms with Crippen LogP contribution in [0.5, 0.6) is 5.75 Å². The van der Waals surface area contributed by atoms with Crippen molar-refractivity contribution in [2.24, 2.45) is 0 Å². The van der Waals surface area contributed by atoms with E-state index >= 15 is 0 Å². The summed E-state index contributed by atoms with van der Waals surface area (Å²) in [6.07, 6.45) is 8.68. The van der Waals surface area contributed by atoms with Gasteiger partial charge in [-0.15, -0.1) is 0 Å². The van der Waals surface area contributed by atoms with Gasteiger partial charge in [0.1, 0.15) is 5.75 Å². The molecule has 1 aromatic heterocycles. The van der Waals surface area contributed by atoms with Crippen LogP contribution in [-0.4, -0.2) is 41.6 Å². The molecule has 1 N–H and O–H groups in total. The molecule has 1 aliphatic rings. The molecule has 0 spiro atoms. The quantitative estimate of drug-likeness (QED) is 0.698. The van der Waals surface area contributed by atoms with E-state index in [0.29, 0.717) is 29.5 Å². The van der Waals surface area contributed by atoms with Gasteiger partial charge in [0, 0.05) is 30.6 Å². The van der Waals surface area contributed by atoms with Crippen LogP contribution in [0.25, 0.3) is 10.9 Å². The minimum atomic E-state index is 0.0183. The number of rotatable bonds is 6. The molecule has 0 aliphatic heterocycles. The normalized spacial score (nSPS) is 15.7. The van der Waals surface area contributed by atoms with Crippen molar-refractivity contribution in [1.82, 2.24) is 15.1 Å². The minimum Gasteiger partial charge on any atom is -0.495 e. The topological polar surface area (TPSA) is 65.4 Å². The standard InChI is InChI=1S/C11H13ClN2O.C11H21NO2/c1-7(2)14-6-8-9(13-14)4-5-10(15-3)11(8)12;1-9(12-10(2)13)8-14-11-6-4-3-5-7-11/h4-7H,1-3H3;9,11H,3-8H2,1-2H3,(H,12,13). The number of ether oxygens (including phenoxy) is 2. The van der Waals surface area contributed by atoms with Gasteiger partial charge in [-0.1, -0.05) is 30.9 Å². The van der Waals surface area contributed by atoms with Crippen molar-refractivity contribution < 1.29 is 14.3 Å². The molecule has 1 atom stereocenters. The number of carbonyl (C=O) groups excluding carboxylic acids is 1. The van der Waals surface area contributed by atoms with E-state index in [9.17, 15) is 4.79 Å². The van der Waals surface area contributed by atoms with Gasteiger partial charge in [0.25, 0.3) is 0 Å². The highest BCUT2D eigenvalue weighted by molar-refractivity contribution is 6.36. The van der Waals surface area contributed by atoms with E-state index in [4.69, 9.17) is 21.1 Å². The number of fused-ring (bicyclic) bond motifs is 1. The first-order valence-corrected chi connectivity index (χ1v) is 10.8. The van der Waals surface area contributed by atoms with Gasteiger partial charge >= 0.3 is 0 Å². The van der Waals surface area contributed by atoms with Crippen molar-refractivity contribution in [3.63, 3.8) is 0 Å². The molecule has 162 valence electrons. The second kappa shape index (κ2) is 11.4. The lowest BCUT2D eigenvalue weighted by Crippen LogP contribution is -2.35. The molecule has 1 unspecified atom stereocenters. The lowest BCUT2D eigenvalue weighted by Gasteiger charge is -2.23. The molecule has 3 rings (SSSR count). The molecular formula is C22H34ClN3O3. The second-order valence-electron chi connectivity index (χ2n) is 7.91. The van der Waals surface area contributed by atoms with Crippen LogP contribution in [0.4, 0.5) is 0 Å². The molecule has 1 heterocycles. The number of benzene rings is 1. The van der Waals surface area contributed by atoms with Crippen molar-refractivity contribution >= 4 is 28.4 Å². The maximum atomic E-state index is 10.7. The zero-order valence-electron chi connectivity index (χ0n) is 18.2. The Hall–Kier alpha value is -1.79. The average Bonchev–Trinajstić information content (AvgIpc) is 3.13. The molecule has 1 amide bonds. The van der Waals surface area contributed by atoms with E-state index in [0.717, 1.165) is 10.9 Å². The van der Waals surface area contributed by atoms with Crippen molar-refractivity contribution in [1.29, 1.82) is 0 Å². The molecule has 1 saturated carbocycles. The fourth-order valence-electron chi connectivity index (χ4n) is 3.38. The highest BCUT2D eigenvalue weighted by atomic mass is 35.5. The van der Waals surface area contributed by atoms with Crippen molar-refractivity contribution in [3.05, 3.63) is 23.4 Å². The number of hydrogen-bond donors (Lipinski definition) is 1. The molecule has 1 fully saturated rings. The summed E-state index contributed by atoms with van der Waals surface area (Å²) in [6.45, 7) is 8.32. The van der Waals surface area contributed by atoms with Gasteiger partial charge in [0.2, 0.25) is 5.91 Å². The van der Waals surface area contributed by atoms with E-state index in [1.807, 2.05) is 29.9 Å². The largest absolute Gasteiger partial charge is 0.495 e. The van der Waals surface area contributed by atoms with Crippen LogP contribution in [0.1, 0.15) is 65.8 Å². The summed E-state index contributed by atoms with van der Waals surface area (Å²) >= 11 is 6.18. The fraction of sp³-hybridized carbons (Fsp3) is 0.636. The predicted octanol–water partition coefficient (Wildman–Crippen LogP) is 5.14. The van der Waals surface area contributed by atoms with Gasteiger partial charge in [-0.3, -0.25) is 9.48 Å². The van der Waals surface area contributed by atoms with Gasteiger partial charge in [-0.05, 0) is 45.7 Å². The summed E-state index contributed by atoms with van der Waals surface area (Å²) in [5, 5.41) is 8.81. The van der Waals surface area contributed by atoms with Crippen LogP contribution in [0.15, 0.2) is 18.3 Å². The number of nitrogens with zero attached hydrogens (tertiary/aromatic N) is 2. The Kier molecular flexibility index (Phi) is 9.24. The molecule has 6 nitrogen and oxygen atoms in total. The van der Waals surface area contributed by atoms with Crippen LogP contribution >= 0.6 is 11.6 Å². The Bertz CT molecular complexity index is 785.